The standard InChI is InChI=1S/C20H18FNO3/c1-3-24-20(23)18-12-19(25-22-18)13(2)15-9-10-16(17(21)11-15)14-7-5-4-6-8-14/h4-13H,3H2,1-2H3. The average Bonchev–Trinajstić information content (AvgIpc) is 3.12. The van der Waals surface area contributed by atoms with Crippen LogP contribution in [0.25, 0.3) is 11.1 Å². The Morgan fingerprint density at radius 1 is 1.20 bits per heavy atom. The molecule has 5 heteroatoms. The monoisotopic (exact) mass is 339 g/mol. The molecule has 128 valence electrons. The molecule has 0 saturated heterocycles. The molecule has 0 bridgehead atoms. The molecule has 1 heterocycles. The second-order valence-corrected chi connectivity index (χ2v) is 5.66. The van der Waals surface area contributed by atoms with Crippen molar-refractivity contribution in [1.29, 1.82) is 0 Å². The lowest BCUT2D eigenvalue weighted by atomic mass is 9.95. The number of benzene rings is 2. The Hall–Kier alpha value is -2.95. The minimum absolute atomic E-state index is 0.116. The van der Waals surface area contributed by atoms with Gasteiger partial charge in [-0.15, -0.1) is 0 Å². The van der Waals surface area contributed by atoms with Gasteiger partial charge in [0.15, 0.2) is 5.69 Å². The maximum Gasteiger partial charge on any atom is 0.360 e. The third kappa shape index (κ3) is 3.60. The van der Waals surface area contributed by atoms with Gasteiger partial charge in [-0.05, 0) is 24.1 Å². The van der Waals surface area contributed by atoms with Crippen LogP contribution < -0.4 is 0 Å². The number of nitrogens with zero attached hydrogens (tertiary/aromatic N) is 1. The largest absolute Gasteiger partial charge is 0.461 e. The van der Waals surface area contributed by atoms with Crippen LogP contribution in [0.5, 0.6) is 0 Å². The van der Waals surface area contributed by atoms with E-state index in [1.807, 2.05) is 43.3 Å². The number of halogens is 1. The van der Waals surface area contributed by atoms with E-state index in [0.29, 0.717) is 11.3 Å². The smallest absolute Gasteiger partial charge is 0.360 e. The van der Waals surface area contributed by atoms with Gasteiger partial charge in [0.25, 0.3) is 0 Å². The van der Waals surface area contributed by atoms with Crippen molar-refractivity contribution in [3.8, 4) is 11.1 Å². The van der Waals surface area contributed by atoms with Crippen LogP contribution in [0.1, 0.15) is 41.6 Å². The number of ether oxygens (including phenoxy) is 1. The van der Waals surface area contributed by atoms with Gasteiger partial charge in [0.1, 0.15) is 11.6 Å². The predicted octanol–water partition coefficient (Wildman–Crippen LogP) is 4.81. The lowest BCUT2D eigenvalue weighted by Gasteiger charge is -2.10. The molecule has 0 N–H and O–H groups in total. The van der Waals surface area contributed by atoms with E-state index in [-0.39, 0.29) is 24.0 Å². The Labute approximate surface area is 145 Å². The Balaban J connectivity index is 1.85. The molecule has 2 aromatic carbocycles. The van der Waals surface area contributed by atoms with Gasteiger partial charge in [-0.25, -0.2) is 9.18 Å². The van der Waals surface area contributed by atoms with Gasteiger partial charge < -0.3 is 9.26 Å². The molecule has 1 atom stereocenters. The number of aromatic nitrogens is 1. The third-order valence-electron chi connectivity index (χ3n) is 4.02. The summed E-state index contributed by atoms with van der Waals surface area (Å²) in [7, 11) is 0. The predicted molar refractivity (Wildman–Crippen MR) is 91.8 cm³/mol. The highest BCUT2D eigenvalue weighted by molar-refractivity contribution is 5.87. The first kappa shape index (κ1) is 16.9. The van der Waals surface area contributed by atoms with Crippen LogP contribution >= 0.6 is 0 Å². The topological polar surface area (TPSA) is 52.3 Å². The first-order valence-electron chi connectivity index (χ1n) is 8.08. The summed E-state index contributed by atoms with van der Waals surface area (Å²) in [6.45, 7) is 3.85. The molecule has 0 aliphatic rings. The second-order valence-electron chi connectivity index (χ2n) is 5.66. The first-order valence-corrected chi connectivity index (χ1v) is 8.08. The number of carbonyl (C=O) groups is 1. The van der Waals surface area contributed by atoms with Crippen molar-refractivity contribution in [3.63, 3.8) is 0 Å². The fourth-order valence-electron chi connectivity index (χ4n) is 2.61. The summed E-state index contributed by atoms with van der Waals surface area (Å²) in [4.78, 5) is 11.7. The van der Waals surface area contributed by atoms with Crippen LogP contribution in [-0.4, -0.2) is 17.7 Å². The van der Waals surface area contributed by atoms with Crippen molar-refractivity contribution in [2.24, 2.45) is 0 Å². The molecule has 25 heavy (non-hydrogen) atoms. The zero-order valence-electron chi connectivity index (χ0n) is 14.0. The highest BCUT2D eigenvalue weighted by Gasteiger charge is 2.19. The zero-order chi connectivity index (χ0) is 17.8. The number of hydrogen-bond donors (Lipinski definition) is 0. The van der Waals surface area contributed by atoms with Crippen molar-refractivity contribution < 1.29 is 18.4 Å². The molecule has 1 aromatic heterocycles. The van der Waals surface area contributed by atoms with Crippen LogP contribution in [0.2, 0.25) is 0 Å². The number of esters is 1. The summed E-state index contributed by atoms with van der Waals surface area (Å²) in [6, 6.07) is 16.0. The Bertz CT molecular complexity index is 874. The molecule has 0 aliphatic heterocycles. The first-order chi connectivity index (χ1) is 12.1. The molecule has 0 fully saturated rings. The van der Waals surface area contributed by atoms with Gasteiger partial charge in [-0.3, -0.25) is 0 Å². The maximum atomic E-state index is 14.5. The summed E-state index contributed by atoms with van der Waals surface area (Å²) in [5, 5.41) is 3.73. The normalized spacial score (nSPS) is 12.0. The molecule has 1 unspecified atom stereocenters. The Kier molecular flexibility index (Phi) is 4.93. The maximum absolute atomic E-state index is 14.5. The Morgan fingerprint density at radius 3 is 2.64 bits per heavy atom. The van der Waals surface area contributed by atoms with E-state index in [9.17, 15) is 9.18 Å². The van der Waals surface area contributed by atoms with Crippen LogP contribution in [0.15, 0.2) is 59.1 Å². The van der Waals surface area contributed by atoms with Crippen molar-refractivity contribution in [3.05, 3.63) is 77.4 Å². The molecule has 0 spiro atoms. The van der Waals surface area contributed by atoms with E-state index in [4.69, 9.17) is 9.26 Å². The Morgan fingerprint density at radius 2 is 1.96 bits per heavy atom. The highest BCUT2D eigenvalue weighted by atomic mass is 19.1. The molecular formula is C20H18FNO3. The van der Waals surface area contributed by atoms with Crippen molar-refractivity contribution in [1.82, 2.24) is 5.16 Å². The lowest BCUT2D eigenvalue weighted by molar-refractivity contribution is 0.0514. The molecule has 0 aliphatic carbocycles. The lowest BCUT2D eigenvalue weighted by Crippen LogP contribution is -2.04. The molecule has 0 amide bonds. The minimum Gasteiger partial charge on any atom is -0.461 e. The van der Waals surface area contributed by atoms with Crippen molar-refractivity contribution in [2.75, 3.05) is 6.61 Å². The molecule has 4 nitrogen and oxygen atoms in total. The van der Waals surface area contributed by atoms with Crippen molar-refractivity contribution >= 4 is 5.97 Å². The summed E-state index contributed by atoms with van der Waals surface area (Å²) >= 11 is 0. The van der Waals surface area contributed by atoms with E-state index < -0.39 is 5.97 Å². The third-order valence-corrected chi connectivity index (χ3v) is 4.02. The van der Waals surface area contributed by atoms with Crippen LogP contribution in [0.4, 0.5) is 4.39 Å². The van der Waals surface area contributed by atoms with E-state index in [1.165, 1.54) is 12.1 Å². The number of hydrogen-bond acceptors (Lipinski definition) is 4. The van der Waals surface area contributed by atoms with Gasteiger partial charge in [-0.2, -0.15) is 0 Å². The summed E-state index contributed by atoms with van der Waals surface area (Å²) < 4.78 is 24.6. The summed E-state index contributed by atoms with van der Waals surface area (Å²) in [5.41, 5.74) is 2.22. The van der Waals surface area contributed by atoms with E-state index in [1.54, 1.807) is 13.0 Å². The van der Waals surface area contributed by atoms with Crippen LogP contribution in [0.3, 0.4) is 0 Å². The van der Waals surface area contributed by atoms with Gasteiger partial charge in [0.05, 0.1) is 6.61 Å². The fraction of sp³-hybridized carbons (Fsp3) is 0.200. The average molecular weight is 339 g/mol. The highest BCUT2D eigenvalue weighted by Crippen LogP contribution is 2.29. The summed E-state index contributed by atoms with van der Waals surface area (Å²) in [5.74, 6) is -0.596. The van der Waals surface area contributed by atoms with Gasteiger partial charge in [-0.1, -0.05) is 54.5 Å². The molecular weight excluding hydrogens is 321 g/mol. The molecule has 3 rings (SSSR count). The minimum atomic E-state index is -0.532. The van der Waals surface area contributed by atoms with Crippen molar-refractivity contribution in [2.45, 2.75) is 19.8 Å². The molecule has 0 saturated carbocycles. The molecule has 3 aromatic rings. The van der Waals surface area contributed by atoms with Gasteiger partial charge >= 0.3 is 5.97 Å². The van der Waals surface area contributed by atoms with E-state index in [2.05, 4.69) is 5.16 Å². The van der Waals surface area contributed by atoms with Crippen LogP contribution in [-0.2, 0) is 4.74 Å². The number of carbonyl (C=O) groups excluding carboxylic acids is 1. The zero-order valence-corrected chi connectivity index (χ0v) is 14.0. The SMILES string of the molecule is CCOC(=O)c1cc(C(C)c2ccc(-c3ccccc3)c(F)c2)on1. The number of rotatable bonds is 5. The molecule has 0 radical (unpaired) electrons. The van der Waals surface area contributed by atoms with Gasteiger partial charge in [0, 0.05) is 17.5 Å². The van der Waals surface area contributed by atoms with Gasteiger partial charge in [0.2, 0.25) is 0 Å². The second kappa shape index (κ2) is 7.30. The quantitative estimate of drug-likeness (QED) is 0.626. The van der Waals surface area contributed by atoms with Crippen LogP contribution in [0, 0.1) is 5.82 Å². The van der Waals surface area contributed by atoms with E-state index >= 15 is 0 Å². The van der Waals surface area contributed by atoms with E-state index in [0.717, 1.165) is 11.1 Å². The summed E-state index contributed by atoms with van der Waals surface area (Å²) in [6.07, 6.45) is 0. The fourth-order valence-corrected chi connectivity index (χ4v) is 2.61.